The van der Waals surface area contributed by atoms with Gasteiger partial charge in [0, 0.05) is 0 Å². The lowest BCUT2D eigenvalue weighted by molar-refractivity contribution is -0.214. The van der Waals surface area contributed by atoms with Crippen LogP contribution in [0.25, 0.3) is 0 Å². The number of carboxylic acids is 1. The van der Waals surface area contributed by atoms with E-state index in [1.807, 2.05) is 0 Å². The first-order chi connectivity index (χ1) is 17.6. The van der Waals surface area contributed by atoms with Gasteiger partial charge in [-0.15, -0.1) is 0 Å². The fourth-order valence-corrected chi connectivity index (χ4v) is 11.6. The van der Waals surface area contributed by atoms with Gasteiger partial charge in [-0.2, -0.15) is 0 Å². The minimum atomic E-state index is -0.592. The fourth-order valence-electron chi connectivity index (χ4n) is 11.6. The topological polar surface area (TPSA) is 79.1 Å². The Balaban J connectivity index is 1.44. The van der Waals surface area contributed by atoms with Crippen molar-refractivity contribution in [1.29, 1.82) is 0 Å². The molecule has 0 bridgehead atoms. The highest BCUT2D eigenvalue weighted by Crippen LogP contribution is 2.76. The molecule has 9 atom stereocenters. The summed E-state index contributed by atoms with van der Waals surface area (Å²) >= 11 is 0. The maximum atomic E-state index is 12.9. The monoisotopic (exact) mass is 525 g/mol. The number of carbonyl (C=O) groups is 1. The summed E-state index contributed by atoms with van der Waals surface area (Å²) in [6.45, 7) is 18.2. The second kappa shape index (κ2) is 8.10. The van der Waals surface area contributed by atoms with Gasteiger partial charge in [0.05, 0.1) is 24.0 Å². The van der Waals surface area contributed by atoms with Gasteiger partial charge in [-0.3, -0.25) is 9.79 Å². The highest BCUT2D eigenvalue weighted by Gasteiger charge is 2.70. The molecule has 0 aromatic heterocycles. The highest BCUT2D eigenvalue weighted by molar-refractivity contribution is 5.81. The van der Waals surface area contributed by atoms with E-state index in [9.17, 15) is 15.0 Å². The zero-order valence-corrected chi connectivity index (χ0v) is 24.9. The Morgan fingerprint density at radius 2 is 1.68 bits per heavy atom. The minimum absolute atomic E-state index is 0.0119. The summed E-state index contributed by atoms with van der Waals surface area (Å²) in [6.07, 6.45) is 10.9. The molecule has 0 spiro atoms. The maximum absolute atomic E-state index is 12.9. The molecule has 5 aliphatic carbocycles. The summed E-state index contributed by atoms with van der Waals surface area (Å²) in [4.78, 5) is 17.6. The Morgan fingerprint density at radius 3 is 2.34 bits per heavy atom. The van der Waals surface area contributed by atoms with E-state index in [1.165, 1.54) is 5.57 Å². The zero-order chi connectivity index (χ0) is 27.5. The number of aliphatic hydroxyl groups excluding tert-OH is 1. The van der Waals surface area contributed by atoms with Crippen LogP contribution in [0, 0.1) is 56.2 Å². The number of rotatable bonds is 2. The van der Waals surface area contributed by atoms with E-state index in [4.69, 9.17) is 9.73 Å². The van der Waals surface area contributed by atoms with Crippen molar-refractivity contribution in [3.05, 3.63) is 11.6 Å². The van der Waals surface area contributed by atoms with Crippen molar-refractivity contribution in [1.82, 2.24) is 0 Å². The number of nitrogens with zero attached hydrogens (tertiary/aromatic N) is 1. The molecule has 212 valence electrons. The molecule has 5 heteroatoms. The molecular weight excluding hydrogens is 474 g/mol. The van der Waals surface area contributed by atoms with Crippen LogP contribution in [0.5, 0.6) is 0 Å². The van der Waals surface area contributed by atoms with Crippen LogP contribution in [-0.2, 0) is 9.53 Å². The average molecular weight is 526 g/mol. The molecule has 38 heavy (non-hydrogen) atoms. The van der Waals surface area contributed by atoms with Gasteiger partial charge in [0.15, 0.2) is 5.90 Å². The van der Waals surface area contributed by atoms with Gasteiger partial charge >= 0.3 is 5.97 Å². The summed E-state index contributed by atoms with van der Waals surface area (Å²) in [5, 5.41) is 22.2. The third-order valence-corrected chi connectivity index (χ3v) is 14.0. The van der Waals surface area contributed by atoms with Crippen LogP contribution in [0.2, 0.25) is 0 Å². The predicted molar refractivity (Wildman–Crippen MR) is 150 cm³/mol. The van der Waals surface area contributed by atoms with Gasteiger partial charge in [0.2, 0.25) is 0 Å². The highest BCUT2D eigenvalue weighted by atomic mass is 16.5. The molecule has 0 aromatic rings. The predicted octanol–water partition coefficient (Wildman–Crippen LogP) is 6.89. The Labute approximate surface area is 229 Å². The van der Waals surface area contributed by atoms with Crippen molar-refractivity contribution in [2.75, 3.05) is 13.2 Å². The van der Waals surface area contributed by atoms with Gasteiger partial charge in [0.25, 0.3) is 0 Å². The molecule has 0 saturated heterocycles. The number of allylic oxidation sites excluding steroid dienone is 2. The van der Waals surface area contributed by atoms with Gasteiger partial charge in [-0.05, 0) is 103 Å². The molecule has 5 nitrogen and oxygen atoms in total. The van der Waals surface area contributed by atoms with Crippen LogP contribution in [0.1, 0.15) is 106 Å². The third kappa shape index (κ3) is 3.26. The largest absolute Gasteiger partial charge is 0.481 e. The fraction of sp³-hybridized carbons (Fsp3) is 0.879. The Hall–Kier alpha value is -1.36. The van der Waals surface area contributed by atoms with Crippen LogP contribution in [0.15, 0.2) is 16.6 Å². The van der Waals surface area contributed by atoms with Crippen LogP contribution < -0.4 is 0 Å². The summed E-state index contributed by atoms with van der Waals surface area (Å²) in [7, 11) is 0. The lowest BCUT2D eigenvalue weighted by Crippen LogP contribution is -2.66. The van der Waals surface area contributed by atoms with E-state index in [0.717, 1.165) is 63.7 Å². The first-order valence-corrected chi connectivity index (χ1v) is 15.4. The lowest BCUT2D eigenvalue weighted by Gasteiger charge is -2.71. The molecule has 0 radical (unpaired) electrons. The number of fused-ring (bicyclic) bond motifs is 7. The lowest BCUT2D eigenvalue weighted by atomic mass is 9.33. The minimum Gasteiger partial charge on any atom is -0.481 e. The number of hydrogen-bond donors (Lipinski definition) is 2. The number of hydrogen-bond acceptors (Lipinski definition) is 4. The van der Waals surface area contributed by atoms with Crippen molar-refractivity contribution in [3.63, 3.8) is 0 Å². The standard InChI is InChI=1S/C33H51NO4/c1-28(2)12-14-33(27(36)37)15-13-31(6)21(22(33)19-28)8-9-24-30(5)18-20(26-34-16-17-38-26)25(35)29(3,4)23(30)10-11-32(24,31)7/h8,20,22-25,35H,9-19H2,1-7H3,(H,36,37)/t20-,22+,23+,24-,25+,30+,31-,32-,33+/m1/s1. The molecule has 0 aromatic carbocycles. The molecule has 6 aliphatic rings. The molecule has 2 N–H and O–H groups in total. The van der Waals surface area contributed by atoms with E-state index in [2.05, 4.69) is 54.5 Å². The molecule has 0 unspecified atom stereocenters. The Bertz CT molecular complexity index is 1090. The van der Waals surface area contributed by atoms with Crippen molar-refractivity contribution >= 4 is 11.9 Å². The smallest absolute Gasteiger partial charge is 0.310 e. The van der Waals surface area contributed by atoms with E-state index >= 15 is 0 Å². The number of aliphatic imine (C=N–C) groups is 1. The molecular formula is C33H51NO4. The Kier molecular flexibility index (Phi) is 5.72. The molecule has 1 aliphatic heterocycles. The van der Waals surface area contributed by atoms with E-state index in [-0.39, 0.29) is 38.9 Å². The van der Waals surface area contributed by atoms with Crippen molar-refractivity contribution in [2.45, 2.75) is 112 Å². The van der Waals surface area contributed by atoms with Crippen LogP contribution in [-0.4, -0.2) is 41.3 Å². The first-order valence-electron chi connectivity index (χ1n) is 15.4. The molecule has 6 rings (SSSR count). The molecule has 1 heterocycles. The van der Waals surface area contributed by atoms with Gasteiger partial charge in [-0.1, -0.05) is 60.1 Å². The third-order valence-electron chi connectivity index (χ3n) is 14.0. The van der Waals surface area contributed by atoms with Crippen LogP contribution in [0.3, 0.4) is 0 Å². The molecule has 4 saturated carbocycles. The number of aliphatic hydroxyl groups is 1. The molecule has 4 fully saturated rings. The van der Waals surface area contributed by atoms with Crippen LogP contribution >= 0.6 is 0 Å². The van der Waals surface area contributed by atoms with Crippen molar-refractivity contribution in [3.8, 4) is 0 Å². The van der Waals surface area contributed by atoms with E-state index < -0.39 is 17.5 Å². The quantitative estimate of drug-likeness (QED) is 0.385. The van der Waals surface area contributed by atoms with Crippen LogP contribution in [0.4, 0.5) is 0 Å². The normalized spacial score (nSPS) is 50.8. The molecule has 0 amide bonds. The van der Waals surface area contributed by atoms with E-state index in [1.54, 1.807) is 0 Å². The number of ether oxygens (including phenoxy) is 1. The van der Waals surface area contributed by atoms with Gasteiger partial charge in [0.1, 0.15) is 6.61 Å². The number of aliphatic carboxylic acids is 1. The maximum Gasteiger partial charge on any atom is 0.310 e. The summed E-state index contributed by atoms with van der Waals surface area (Å²) in [5.41, 5.74) is 1.04. The Morgan fingerprint density at radius 1 is 0.974 bits per heavy atom. The zero-order valence-electron chi connectivity index (χ0n) is 24.9. The van der Waals surface area contributed by atoms with Gasteiger partial charge < -0.3 is 14.9 Å². The van der Waals surface area contributed by atoms with E-state index in [0.29, 0.717) is 25.0 Å². The average Bonchev–Trinajstić information content (AvgIpc) is 3.36. The van der Waals surface area contributed by atoms with Crippen molar-refractivity contribution in [2.24, 2.45) is 61.2 Å². The summed E-state index contributed by atoms with van der Waals surface area (Å²) in [5.74, 6) is 1.25. The number of carboxylic acid groups (broad SMARTS) is 1. The second-order valence-electron chi connectivity index (χ2n) is 16.3. The summed E-state index contributed by atoms with van der Waals surface area (Å²) < 4.78 is 5.98. The summed E-state index contributed by atoms with van der Waals surface area (Å²) in [6, 6.07) is 0. The van der Waals surface area contributed by atoms with Gasteiger partial charge in [-0.25, -0.2) is 0 Å². The SMILES string of the molecule is CC1(C)CC[C@]2(C(=O)O)CC[C@]3(C)C(=CC[C@@H]4[C@@]5(C)C[C@@H](C6=NCCO6)[C@H](O)C(C)(C)[C@@H]5CC[C@]43C)[C@@H]2C1. The van der Waals surface area contributed by atoms with Crippen molar-refractivity contribution < 1.29 is 19.7 Å². The first kappa shape index (κ1) is 26.8. The second-order valence-corrected chi connectivity index (χ2v) is 16.3.